The topological polar surface area (TPSA) is 78.2 Å². The average molecular weight is 596 g/mol. The Morgan fingerprint density at radius 3 is 2.48 bits per heavy atom. The molecule has 40 heavy (non-hydrogen) atoms. The second-order valence-corrected chi connectivity index (χ2v) is 10.6. The zero-order chi connectivity index (χ0) is 27.2. The molecular formula is C32H22BrNO6. The third-order valence-corrected chi connectivity index (χ3v) is 7.66. The van der Waals surface area contributed by atoms with Gasteiger partial charge in [0.1, 0.15) is 17.9 Å². The molecule has 7 rings (SSSR count). The molecule has 3 heterocycles. The zero-order valence-corrected chi connectivity index (χ0v) is 22.7. The second kappa shape index (κ2) is 9.88. The Hall–Kier alpha value is -4.56. The molecule has 0 N–H and O–H groups in total. The summed E-state index contributed by atoms with van der Waals surface area (Å²) in [6.45, 7) is 0.844. The summed E-state index contributed by atoms with van der Waals surface area (Å²) >= 11 is 3.45. The lowest BCUT2D eigenvalue weighted by Crippen LogP contribution is -2.29. The first-order valence-corrected chi connectivity index (χ1v) is 13.6. The van der Waals surface area contributed by atoms with Gasteiger partial charge in [-0.3, -0.25) is 9.59 Å². The molecule has 0 radical (unpaired) electrons. The van der Waals surface area contributed by atoms with E-state index >= 15 is 0 Å². The van der Waals surface area contributed by atoms with E-state index in [1.165, 1.54) is 0 Å². The highest BCUT2D eigenvalue weighted by Gasteiger charge is 2.42. The number of ether oxygens (including phenoxy) is 3. The van der Waals surface area contributed by atoms with Crippen LogP contribution in [0.5, 0.6) is 17.2 Å². The molecule has 0 spiro atoms. The van der Waals surface area contributed by atoms with E-state index in [1.807, 2.05) is 72.8 Å². The highest BCUT2D eigenvalue weighted by Crippen LogP contribution is 2.41. The van der Waals surface area contributed by atoms with Gasteiger partial charge in [0.05, 0.1) is 17.0 Å². The van der Waals surface area contributed by atoms with Gasteiger partial charge in [-0.15, -0.1) is 0 Å². The van der Waals surface area contributed by atoms with Crippen molar-refractivity contribution in [3.8, 4) is 17.2 Å². The summed E-state index contributed by atoms with van der Waals surface area (Å²) in [4.78, 5) is 29.3. The number of halogens is 1. The van der Waals surface area contributed by atoms with Crippen molar-refractivity contribution < 1.29 is 23.4 Å². The molecule has 7 nitrogen and oxygen atoms in total. The van der Waals surface area contributed by atoms with Crippen LogP contribution in [0.1, 0.15) is 38.9 Å². The van der Waals surface area contributed by atoms with E-state index in [0.717, 1.165) is 21.2 Å². The lowest BCUT2D eigenvalue weighted by atomic mass is 9.98. The Balaban J connectivity index is 1.28. The molecule has 0 saturated carbocycles. The van der Waals surface area contributed by atoms with Crippen molar-refractivity contribution in [2.75, 3.05) is 6.79 Å². The van der Waals surface area contributed by atoms with Gasteiger partial charge in [-0.2, -0.15) is 0 Å². The van der Waals surface area contributed by atoms with E-state index in [1.54, 1.807) is 23.1 Å². The van der Waals surface area contributed by atoms with Crippen LogP contribution in [0.3, 0.4) is 0 Å². The van der Waals surface area contributed by atoms with Crippen molar-refractivity contribution in [3.05, 3.63) is 134 Å². The van der Waals surface area contributed by atoms with Gasteiger partial charge in [0, 0.05) is 11.0 Å². The maximum absolute atomic E-state index is 13.9. The predicted molar refractivity (Wildman–Crippen MR) is 152 cm³/mol. The average Bonchev–Trinajstić information content (AvgIpc) is 3.56. The number of hydrogen-bond donors (Lipinski definition) is 0. The van der Waals surface area contributed by atoms with Crippen LogP contribution in [0.2, 0.25) is 0 Å². The molecule has 0 aliphatic carbocycles. The number of carbonyl (C=O) groups is 1. The smallest absolute Gasteiger partial charge is 0.291 e. The van der Waals surface area contributed by atoms with Crippen molar-refractivity contribution in [2.24, 2.45) is 0 Å². The standard InChI is InChI=1S/C32H22BrNO6/c33-22-9-13-25-24(15-22)30(35)28-29(21-7-10-23(11-8-21)37-17-19-4-2-1-3-5-19)34(32(36)31(28)40-25)16-20-6-12-26-27(14-20)39-18-38-26/h1-15,29H,16-18H2. The Morgan fingerprint density at radius 1 is 0.850 bits per heavy atom. The second-order valence-electron chi connectivity index (χ2n) is 9.68. The number of rotatable bonds is 6. The Labute approximate surface area is 237 Å². The Kier molecular flexibility index (Phi) is 6.04. The van der Waals surface area contributed by atoms with Gasteiger partial charge in [-0.1, -0.05) is 64.5 Å². The minimum atomic E-state index is -0.643. The van der Waals surface area contributed by atoms with E-state index in [4.69, 9.17) is 18.6 Å². The molecular weight excluding hydrogens is 574 g/mol. The maximum Gasteiger partial charge on any atom is 0.291 e. The van der Waals surface area contributed by atoms with Crippen LogP contribution in [-0.4, -0.2) is 17.6 Å². The summed E-state index contributed by atoms with van der Waals surface area (Å²) in [5, 5.41) is 0.415. The van der Waals surface area contributed by atoms with Crippen molar-refractivity contribution in [2.45, 2.75) is 19.2 Å². The van der Waals surface area contributed by atoms with Crippen LogP contribution in [0.15, 0.2) is 105 Å². The number of fused-ring (bicyclic) bond motifs is 3. The quantitative estimate of drug-likeness (QED) is 0.220. The van der Waals surface area contributed by atoms with E-state index in [0.29, 0.717) is 40.4 Å². The number of amides is 1. The minimum Gasteiger partial charge on any atom is -0.489 e. The lowest BCUT2D eigenvalue weighted by molar-refractivity contribution is 0.0714. The monoisotopic (exact) mass is 595 g/mol. The van der Waals surface area contributed by atoms with Gasteiger partial charge in [-0.05, 0) is 59.2 Å². The van der Waals surface area contributed by atoms with E-state index < -0.39 is 6.04 Å². The Morgan fingerprint density at radius 2 is 1.65 bits per heavy atom. The predicted octanol–water partition coefficient (Wildman–Crippen LogP) is 6.61. The molecule has 1 aromatic heterocycles. The largest absolute Gasteiger partial charge is 0.489 e. The third-order valence-electron chi connectivity index (χ3n) is 7.16. The van der Waals surface area contributed by atoms with Gasteiger partial charge in [0.15, 0.2) is 16.9 Å². The maximum atomic E-state index is 13.9. The van der Waals surface area contributed by atoms with Crippen LogP contribution >= 0.6 is 15.9 Å². The number of hydrogen-bond acceptors (Lipinski definition) is 6. The fourth-order valence-electron chi connectivity index (χ4n) is 5.23. The molecule has 0 fully saturated rings. The van der Waals surface area contributed by atoms with Crippen LogP contribution in [0.25, 0.3) is 11.0 Å². The summed E-state index contributed by atoms with van der Waals surface area (Å²) in [7, 11) is 0. The first-order valence-electron chi connectivity index (χ1n) is 12.8. The van der Waals surface area contributed by atoms with Gasteiger partial charge >= 0.3 is 0 Å². The van der Waals surface area contributed by atoms with Gasteiger partial charge < -0.3 is 23.5 Å². The fourth-order valence-corrected chi connectivity index (χ4v) is 5.59. The van der Waals surface area contributed by atoms with Crippen molar-refractivity contribution in [3.63, 3.8) is 0 Å². The SMILES string of the molecule is O=C1c2oc3ccc(Br)cc3c(=O)c2C(c2ccc(OCc3ccccc3)cc2)N1Cc1ccc2c(c1)OCO2. The normalized spacial score (nSPS) is 15.5. The molecule has 2 aliphatic rings. The van der Waals surface area contributed by atoms with Crippen molar-refractivity contribution in [1.82, 2.24) is 4.90 Å². The number of carbonyl (C=O) groups excluding carboxylic acids is 1. The summed E-state index contributed by atoms with van der Waals surface area (Å²) < 4.78 is 23.8. The van der Waals surface area contributed by atoms with Crippen LogP contribution in [0, 0.1) is 0 Å². The molecule has 1 unspecified atom stereocenters. The van der Waals surface area contributed by atoms with E-state index in [2.05, 4.69) is 15.9 Å². The Bertz CT molecular complexity index is 1820. The number of nitrogens with zero attached hydrogens (tertiary/aromatic N) is 1. The van der Waals surface area contributed by atoms with Crippen LogP contribution < -0.4 is 19.6 Å². The molecule has 0 saturated heterocycles. The lowest BCUT2D eigenvalue weighted by Gasteiger charge is -2.25. The summed E-state index contributed by atoms with van der Waals surface area (Å²) in [5.41, 5.74) is 3.16. The molecule has 0 bridgehead atoms. The van der Waals surface area contributed by atoms with E-state index in [-0.39, 0.29) is 30.4 Å². The van der Waals surface area contributed by atoms with Crippen LogP contribution in [0.4, 0.5) is 0 Å². The van der Waals surface area contributed by atoms with Gasteiger partial charge in [0.2, 0.25) is 12.6 Å². The van der Waals surface area contributed by atoms with Crippen molar-refractivity contribution >= 4 is 32.8 Å². The van der Waals surface area contributed by atoms with Gasteiger partial charge in [0.25, 0.3) is 5.91 Å². The zero-order valence-electron chi connectivity index (χ0n) is 21.1. The van der Waals surface area contributed by atoms with Gasteiger partial charge in [-0.25, -0.2) is 0 Å². The molecule has 2 aliphatic heterocycles. The molecule has 1 amide bonds. The number of benzene rings is 4. The molecule has 1 atom stereocenters. The first-order chi connectivity index (χ1) is 19.5. The summed E-state index contributed by atoms with van der Waals surface area (Å²) in [6, 6.07) is 27.6. The minimum absolute atomic E-state index is 0.0648. The van der Waals surface area contributed by atoms with Crippen molar-refractivity contribution in [1.29, 1.82) is 0 Å². The molecule has 5 aromatic rings. The third kappa shape index (κ3) is 4.30. The fraction of sp³-hybridized carbons (Fsp3) is 0.125. The highest BCUT2D eigenvalue weighted by atomic mass is 79.9. The van der Waals surface area contributed by atoms with E-state index in [9.17, 15) is 9.59 Å². The van der Waals surface area contributed by atoms with Crippen LogP contribution in [-0.2, 0) is 13.2 Å². The molecule has 8 heteroatoms. The highest BCUT2D eigenvalue weighted by molar-refractivity contribution is 9.10. The summed E-state index contributed by atoms with van der Waals surface area (Å²) in [5.74, 6) is 1.70. The summed E-state index contributed by atoms with van der Waals surface area (Å²) in [6.07, 6.45) is 0. The molecule has 198 valence electrons. The molecule has 4 aromatic carbocycles. The first kappa shape index (κ1) is 24.5.